The second-order valence-electron chi connectivity index (χ2n) is 6.82. The second kappa shape index (κ2) is 5.71. The minimum atomic E-state index is 0.226. The molecule has 2 aliphatic rings. The second-order valence-corrected chi connectivity index (χ2v) is 6.82. The lowest BCUT2D eigenvalue weighted by Crippen LogP contribution is -2.45. The summed E-state index contributed by atoms with van der Waals surface area (Å²) in [6.45, 7) is 8.75. The molecule has 0 spiro atoms. The van der Waals surface area contributed by atoms with E-state index >= 15 is 0 Å². The standard InChI is InChI=1S/C15H29NO/c1-13-5-7-15(12-17,8-6-13)11-16-9-3-4-14(2)10-16/h13-14,17H,3-12H2,1-2H3. The molecule has 1 saturated heterocycles. The number of hydrogen-bond donors (Lipinski definition) is 1. The van der Waals surface area contributed by atoms with Crippen LogP contribution in [-0.2, 0) is 0 Å². The maximum atomic E-state index is 9.80. The molecule has 1 saturated carbocycles. The van der Waals surface area contributed by atoms with E-state index < -0.39 is 0 Å². The molecule has 1 atom stereocenters. The zero-order chi connectivity index (χ0) is 12.3. The summed E-state index contributed by atoms with van der Waals surface area (Å²) in [5, 5.41) is 9.80. The van der Waals surface area contributed by atoms with Crippen molar-refractivity contribution in [3.8, 4) is 0 Å². The summed E-state index contributed by atoms with van der Waals surface area (Å²) in [5.41, 5.74) is 0.226. The van der Waals surface area contributed by atoms with Crippen LogP contribution in [-0.4, -0.2) is 36.2 Å². The first-order valence-electron chi connectivity index (χ1n) is 7.47. The van der Waals surface area contributed by atoms with Crippen LogP contribution in [0.4, 0.5) is 0 Å². The number of hydrogen-bond acceptors (Lipinski definition) is 2. The van der Waals surface area contributed by atoms with Gasteiger partial charge in [0.05, 0.1) is 0 Å². The molecule has 0 bridgehead atoms. The molecule has 0 aromatic heterocycles. The normalized spacial score (nSPS) is 40.4. The van der Waals surface area contributed by atoms with Gasteiger partial charge in [0.25, 0.3) is 0 Å². The molecule has 1 heterocycles. The first-order valence-corrected chi connectivity index (χ1v) is 7.47. The molecule has 0 aromatic carbocycles. The smallest absolute Gasteiger partial charge is 0.0499 e. The molecule has 2 fully saturated rings. The zero-order valence-corrected chi connectivity index (χ0v) is 11.6. The van der Waals surface area contributed by atoms with Crippen molar-refractivity contribution in [3.63, 3.8) is 0 Å². The molecule has 100 valence electrons. The molecule has 1 aliphatic carbocycles. The molecule has 1 N–H and O–H groups in total. The predicted molar refractivity (Wildman–Crippen MR) is 72.0 cm³/mol. The highest BCUT2D eigenvalue weighted by Crippen LogP contribution is 2.39. The van der Waals surface area contributed by atoms with Gasteiger partial charge in [0, 0.05) is 25.1 Å². The SMILES string of the molecule is CC1CCC(CO)(CN2CCCC(C)C2)CC1. The summed E-state index contributed by atoms with van der Waals surface area (Å²) >= 11 is 0. The van der Waals surface area contributed by atoms with Crippen LogP contribution in [0, 0.1) is 17.3 Å². The van der Waals surface area contributed by atoms with Gasteiger partial charge in [-0.25, -0.2) is 0 Å². The minimum absolute atomic E-state index is 0.226. The quantitative estimate of drug-likeness (QED) is 0.818. The average Bonchev–Trinajstić information content (AvgIpc) is 2.33. The summed E-state index contributed by atoms with van der Waals surface area (Å²) in [7, 11) is 0. The van der Waals surface area contributed by atoms with Crippen LogP contribution in [0.15, 0.2) is 0 Å². The van der Waals surface area contributed by atoms with Gasteiger partial charge < -0.3 is 10.0 Å². The van der Waals surface area contributed by atoms with Crippen LogP contribution in [0.3, 0.4) is 0 Å². The maximum Gasteiger partial charge on any atom is 0.0499 e. The fourth-order valence-electron chi connectivity index (χ4n) is 3.65. The van der Waals surface area contributed by atoms with Crippen molar-refractivity contribution in [1.29, 1.82) is 0 Å². The third-order valence-corrected chi connectivity index (χ3v) is 4.97. The molecule has 1 unspecified atom stereocenters. The highest BCUT2D eigenvalue weighted by atomic mass is 16.3. The van der Waals surface area contributed by atoms with Gasteiger partial charge >= 0.3 is 0 Å². The lowest BCUT2D eigenvalue weighted by Gasteiger charge is -2.43. The summed E-state index contributed by atoms with van der Waals surface area (Å²) in [5.74, 6) is 1.72. The van der Waals surface area contributed by atoms with E-state index in [2.05, 4.69) is 18.7 Å². The van der Waals surface area contributed by atoms with Crippen molar-refractivity contribution in [2.24, 2.45) is 17.3 Å². The monoisotopic (exact) mass is 239 g/mol. The molecule has 2 heteroatoms. The van der Waals surface area contributed by atoms with E-state index in [4.69, 9.17) is 0 Å². The lowest BCUT2D eigenvalue weighted by atomic mass is 9.71. The first kappa shape index (κ1) is 13.4. The Morgan fingerprint density at radius 2 is 1.82 bits per heavy atom. The minimum Gasteiger partial charge on any atom is -0.396 e. The molecule has 0 radical (unpaired) electrons. The molecule has 1 aliphatic heterocycles. The molecular formula is C15H29NO. The Kier molecular flexibility index (Phi) is 4.48. The largest absolute Gasteiger partial charge is 0.396 e. The molecule has 0 amide bonds. The van der Waals surface area contributed by atoms with E-state index in [0.29, 0.717) is 6.61 Å². The van der Waals surface area contributed by atoms with Crippen LogP contribution in [0.2, 0.25) is 0 Å². The van der Waals surface area contributed by atoms with Crippen LogP contribution in [0.1, 0.15) is 52.4 Å². The molecule has 2 nitrogen and oxygen atoms in total. The molecule has 17 heavy (non-hydrogen) atoms. The topological polar surface area (TPSA) is 23.5 Å². The number of piperidine rings is 1. The Morgan fingerprint density at radius 1 is 1.12 bits per heavy atom. The zero-order valence-electron chi connectivity index (χ0n) is 11.6. The third kappa shape index (κ3) is 3.45. The Labute approximate surface area is 106 Å². The number of rotatable bonds is 3. The number of aliphatic hydroxyl groups excluding tert-OH is 1. The van der Waals surface area contributed by atoms with Gasteiger partial charge in [-0.15, -0.1) is 0 Å². The lowest BCUT2D eigenvalue weighted by molar-refractivity contribution is 0.0177. The van der Waals surface area contributed by atoms with Crippen molar-refractivity contribution >= 4 is 0 Å². The van der Waals surface area contributed by atoms with Crippen LogP contribution in [0.5, 0.6) is 0 Å². The Balaban J connectivity index is 1.90. The van der Waals surface area contributed by atoms with Gasteiger partial charge in [-0.1, -0.05) is 26.7 Å². The molecule has 0 aromatic rings. The number of aliphatic hydroxyl groups is 1. The van der Waals surface area contributed by atoms with Crippen molar-refractivity contribution in [3.05, 3.63) is 0 Å². The summed E-state index contributed by atoms with van der Waals surface area (Å²) in [4.78, 5) is 2.61. The first-order chi connectivity index (χ1) is 8.13. The van der Waals surface area contributed by atoms with Crippen molar-refractivity contribution in [2.75, 3.05) is 26.2 Å². The van der Waals surface area contributed by atoms with E-state index in [1.54, 1.807) is 0 Å². The fraction of sp³-hybridized carbons (Fsp3) is 1.00. The van der Waals surface area contributed by atoms with E-state index in [1.165, 1.54) is 51.6 Å². The highest BCUT2D eigenvalue weighted by Gasteiger charge is 2.35. The Morgan fingerprint density at radius 3 is 2.41 bits per heavy atom. The molecular weight excluding hydrogens is 210 g/mol. The fourth-order valence-corrected chi connectivity index (χ4v) is 3.65. The van der Waals surface area contributed by atoms with Crippen LogP contribution in [0.25, 0.3) is 0 Å². The average molecular weight is 239 g/mol. The predicted octanol–water partition coefficient (Wildman–Crippen LogP) is 2.91. The van der Waals surface area contributed by atoms with Crippen molar-refractivity contribution < 1.29 is 5.11 Å². The summed E-state index contributed by atoms with van der Waals surface area (Å²) in [6, 6.07) is 0. The number of likely N-dealkylation sites (tertiary alicyclic amines) is 1. The summed E-state index contributed by atoms with van der Waals surface area (Å²) < 4.78 is 0. The van der Waals surface area contributed by atoms with Gasteiger partial charge in [0.2, 0.25) is 0 Å². The van der Waals surface area contributed by atoms with Gasteiger partial charge in [-0.2, -0.15) is 0 Å². The van der Waals surface area contributed by atoms with Gasteiger partial charge in [0.15, 0.2) is 0 Å². The maximum absolute atomic E-state index is 9.80. The van der Waals surface area contributed by atoms with Gasteiger partial charge in [0.1, 0.15) is 0 Å². The number of nitrogens with zero attached hydrogens (tertiary/aromatic N) is 1. The highest BCUT2D eigenvalue weighted by molar-refractivity contribution is 4.88. The Bertz CT molecular complexity index is 233. The van der Waals surface area contributed by atoms with Crippen LogP contribution < -0.4 is 0 Å². The van der Waals surface area contributed by atoms with E-state index in [0.717, 1.165) is 18.4 Å². The third-order valence-electron chi connectivity index (χ3n) is 4.97. The van der Waals surface area contributed by atoms with E-state index in [1.807, 2.05) is 0 Å². The van der Waals surface area contributed by atoms with Crippen LogP contribution >= 0.6 is 0 Å². The molecule has 2 rings (SSSR count). The van der Waals surface area contributed by atoms with Crippen molar-refractivity contribution in [1.82, 2.24) is 4.90 Å². The van der Waals surface area contributed by atoms with Gasteiger partial charge in [-0.05, 0) is 44.1 Å². The van der Waals surface area contributed by atoms with E-state index in [-0.39, 0.29) is 5.41 Å². The van der Waals surface area contributed by atoms with Crippen molar-refractivity contribution in [2.45, 2.75) is 52.4 Å². The summed E-state index contributed by atoms with van der Waals surface area (Å²) in [6.07, 6.45) is 7.82. The van der Waals surface area contributed by atoms with E-state index in [9.17, 15) is 5.11 Å². The van der Waals surface area contributed by atoms with Gasteiger partial charge in [-0.3, -0.25) is 0 Å². The Hall–Kier alpha value is -0.0800.